The van der Waals surface area contributed by atoms with E-state index >= 15 is 0 Å². The Kier molecular flexibility index (Phi) is 3.47. The summed E-state index contributed by atoms with van der Waals surface area (Å²) in [6.45, 7) is 0.413. The third kappa shape index (κ3) is 2.58. The van der Waals surface area contributed by atoms with Crippen molar-refractivity contribution in [2.75, 3.05) is 11.9 Å². The maximum atomic E-state index is 12.4. The first-order chi connectivity index (χ1) is 8.41. The molecule has 0 aromatic carbocycles. The van der Waals surface area contributed by atoms with Crippen LogP contribution in [-0.2, 0) is 6.54 Å². The molecule has 0 saturated heterocycles. The van der Waals surface area contributed by atoms with Crippen molar-refractivity contribution >= 4 is 5.82 Å². The van der Waals surface area contributed by atoms with E-state index in [0.29, 0.717) is 12.4 Å². The number of hydrogen-bond acceptors (Lipinski definition) is 3. The normalized spacial score (nSPS) is 23.6. The summed E-state index contributed by atoms with van der Waals surface area (Å²) in [6, 6.07) is 3.56. The van der Waals surface area contributed by atoms with E-state index in [4.69, 9.17) is 5.73 Å². The number of anilines is 1. The Labute approximate surface area is 104 Å². The van der Waals surface area contributed by atoms with E-state index in [1.165, 1.54) is 0 Å². The Hall–Kier alpha value is -1.30. The van der Waals surface area contributed by atoms with Gasteiger partial charge in [0.05, 0.1) is 5.92 Å². The fourth-order valence-electron chi connectivity index (χ4n) is 2.10. The zero-order chi connectivity index (χ0) is 13.3. The van der Waals surface area contributed by atoms with Gasteiger partial charge < -0.3 is 10.6 Å². The fraction of sp³-hybridized carbons (Fsp3) is 0.583. The van der Waals surface area contributed by atoms with Gasteiger partial charge in [0.2, 0.25) is 0 Å². The summed E-state index contributed by atoms with van der Waals surface area (Å²) in [5.41, 5.74) is 6.37. The van der Waals surface area contributed by atoms with Gasteiger partial charge in [0.25, 0.3) is 0 Å². The molecule has 1 aromatic rings. The molecule has 3 nitrogen and oxygen atoms in total. The summed E-state index contributed by atoms with van der Waals surface area (Å²) in [6.07, 6.45) is -2.10. The first-order valence-electron chi connectivity index (χ1n) is 5.86. The van der Waals surface area contributed by atoms with Crippen LogP contribution in [0, 0.1) is 5.92 Å². The van der Waals surface area contributed by atoms with Gasteiger partial charge in [-0.25, -0.2) is 4.98 Å². The lowest BCUT2D eigenvalue weighted by atomic mass is 9.79. The van der Waals surface area contributed by atoms with E-state index < -0.39 is 12.1 Å². The number of halogens is 3. The van der Waals surface area contributed by atoms with Crippen LogP contribution in [0.5, 0.6) is 0 Å². The third-order valence-corrected chi connectivity index (χ3v) is 3.53. The van der Waals surface area contributed by atoms with Crippen molar-refractivity contribution in [3.8, 4) is 0 Å². The van der Waals surface area contributed by atoms with Crippen LogP contribution in [0.1, 0.15) is 18.4 Å². The van der Waals surface area contributed by atoms with Gasteiger partial charge in [-0.05, 0) is 24.5 Å². The lowest BCUT2D eigenvalue weighted by Crippen LogP contribution is -2.48. The molecule has 100 valence electrons. The highest BCUT2D eigenvalue weighted by molar-refractivity contribution is 5.40. The van der Waals surface area contributed by atoms with E-state index in [1.54, 1.807) is 19.3 Å². The predicted octanol–water partition coefficient (Wildman–Crippen LogP) is 2.32. The minimum atomic E-state index is -4.06. The minimum absolute atomic E-state index is 0.0761. The molecule has 0 amide bonds. The standard InChI is InChI=1S/C12H16F3N3/c1-18(10-4-9(5-10)12(13,14)15)11-3-2-8(6-16)7-17-11/h2-3,7,9-10H,4-6,16H2,1H3. The zero-order valence-corrected chi connectivity index (χ0v) is 10.1. The summed E-state index contributed by atoms with van der Waals surface area (Å²) >= 11 is 0. The summed E-state index contributed by atoms with van der Waals surface area (Å²) in [4.78, 5) is 6.01. The van der Waals surface area contributed by atoms with E-state index in [0.717, 1.165) is 5.56 Å². The Balaban J connectivity index is 1.95. The average Bonchev–Trinajstić information content (AvgIpc) is 2.25. The lowest BCUT2D eigenvalue weighted by molar-refractivity contribution is -0.196. The second-order valence-corrected chi connectivity index (χ2v) is 4.70. The largest absolute Gasteiger partial charge is 0.391 e. The number of alkyl halides is 3. The SMILES string of the molecule is CN(c1ccc(CN)cn1)C1CC(C(F)(F)F)C1. The van der Waals surface area contributed by atoms with Crippen molar-refractivity contribution in [1.82, 2.24) is 4.98 Å². The molecule has 0 atom stereocenters. The van der Waals surface area contributed by atoms with Crippen LogP contribution < -0.4 is 10.6 Å². The predicted molar refractivity (Wildman–Crippen MR) is 63.1 cm³/mol. The molecule has 1 aromatic heterocycles. The Bertz CT molecular complexity index is 396. The molecule has 1 saturated carbocycles. The van der Waals surface area contributed by atoms with Crippen molar-refractivity contribution in [1.29, 1.82) is 0 Å². The van der Waals surface area contributed by atoms with Crippen molar-refractivity contribution in [3.63, 3.8) is 0 Å². The molecule has 6 heteroatoms. The molecule has 2 rings (SSSR count). The highest BCUT2D eigenvalue weighted by atomic mass is 19.4. The average molecular weight is 259 g/mol. The number of rotatable bonds is 3. The van der Waals surface area contributed by atoms with Crippen molar-refractivity contribution in [2.24, 2.45) is 11.7 Å². The maximum Gasteiger partial charge on any atom is 0.391 e. The molecule has 18 heavy (non-hydrogen) atoms. The first kappa shape index (κ1) is 13.1. The second-order valence-electron chi connectivity index (χ2n) is 4.70. The van der Waals surface area contributed by atoms with Gasteiger partial charge in [-0.2, -0.15) is 13.2 Å². The summed E-state index contributed by atoms with van der Waals surface area (Å²) in [7, 11) is 1.78. The van der Waals surface area contributed by atoms with Crippen LogP contribution in [0.25, 0.3) is 0 Å². The summed E-state index contributed by atoms with van der Waals surface area (Å²) in [5, 5.41) is 0. The minimum Gasteiger partial charge on any atom is -0.357 e. The molecule has 1 heterocycles. The van der Waals surface area contributed by atoms with Gasteiger partial charge in [-0.15, -0.1) is 0 Å². The second kappa shape index (κ2) is 4.76. The Morgan fingerprint density at radius 3 is 2.50 bits per heavy atom. The number of pyridine rings is 1. The first-order valence-corrected chi connectivity index (χ1v) is 5.86. The van der Waals surface area contributed by atoms with Crippen molar-refractivity contribution in [2.45, 2.75) is 31.6 Å². The molecule has 2 N–H and O–H groups in total. The Morgan fingerprint density at radius 2 is 2.06 bits per heavy atom. The highest BCUT2D eigenvalue weighted by Crippen LogP contribution is 2.43. The zero-order valence-electron chi connectivity index (χ0n) is 10.1. The van der Waals surface area contributed by atoms with Gasteiger partial charge >= 0.3 is 6.18 Å². The number of nitrogens with zero attached hydrogens (tertiary/aromatic N) is 2. The van der Waals surface area contributed by atoms with Gasteiger partial charge in [0.15, 0.2) is 0 Å². The molecule has 1 fully saturated rings. The molecule has 0 bridgehead atoms. The van der Waals surface area contributed by atoms with E-state index in [2.05, 4.69) is 4.98 Å². The van der Waals surface area contributed by atoms with E-state index in [1.807, 2.05) is 11.0 Å². The van der Waals surface area contributed by atoms with Crippen LogP contribution in [0.15, 0.2) is 18.3 Å². The summed E-state index contributed by atoms with van der Waals surface area (Å²) < 4.78 is 37.2. The molecule has 0 unspecified atom stereocenters. The monoisotopic (exact) mass is 259 g/mol. The smallest absolute Gasteiger partial charge is 0.357 e. The fourth-order valence-corrected chi connectivity index (χ4v) is 2.10. The summed E-state index contributed by atoms with van der Waals surface area (Å²) in [5.74, 6) is -0.467. The molecular weight excluding hydrogens is 243 g/mol. The number of aromatic nitrogens is 1. The van der Waals surface area contributed by atoms with E-state index in [-0.39, 0.29) is 18.9 Å². The number of nitrogens with two attached hydrogens (primary N) is 1. The molecule has 0 aliphatic heterocycles. The van der Waals surface area contributed by atoms with E-state index in [9.17, 15) is 13.2 Å². The van der Waals surface area contributed by atoms with Crippen molar-refractivity contribution in [3.05, 3.63) is 23.9 Å². The Morgan fingerprint density at radius 1 is 1.39 bits per heavy atom. The lowest BCUT2D eigenvalue weighted by Gasteiger charge is -2.42. The van der Waals surface area contributed by atoms with Gasteiger partial charge in [-0.1, -0.05) is 6.07 Å². The van der Waals surface area contributed by atoms with Gasteiger partial charge in [0, 0.05) is 25.8 Å². The molecule has 0 spiro atoms. The van der Waals surface area contributed by atoms with Crippen LogP contribution in [-0.4, -0.2) is 24.2 Å². The molecule has 1 aliphatic rings. The van der Waals surface area contributed by atoms with Crippen LogP contribution in [0.4, 0.5) is 19.0 Å². The number of hydrogen-bond donors (Lipinski definition) is 1. The quantitative estimate of drug-likeness (QED) is 0.905. The van der Waals surface area contributed by atoms with Gasteiger partial charge in [-0.3, -0.25) is 0 Å². The molecular formula is C12H16F3N3. The van der Waals surface area contributed by atoms with Crippen LogP contribution in [0.3, 0.4) is 0 Å². The van der Waals surface area contributed by atoms with Crippen LogP contribution >= 0.6 is 0 Å². The van der Waals surface area contributed by atoms with Crippen molar-refractivity contribution < 1.29 is 13.2 Å². The highest BCUT2D eigenvalue weighted by Gasteiger charge is 2.49. The molecule has 0 radical (unpaired) electrons. The maximum absolute atomic E-state index is 12.4. The van der Waals surface area contributed by atoms with Gasteiger partial charge in [0.1, 0.15) is 5.82 Å². The van der Waals surface area contributed by atoms with Crippen LogP contribution in [0.2, 0.25) is 0 Å². The topological polar surface area (TPSA) is 42.1 Å². The third-order valence-electron chi connectivity index (χ3n) is 3.53. The molecule has 1 aliphatic carbocycles.